The van der Waals surface area contributed by atoms with Crippen LogP contribution in [0.15, 0.2) is 138 Å². The van der Waals surface area contributed by atoms with E-state index >= 15 is 0 Å². The van der Waals surface area contributed by atoms with Gasteiger partial charge in [-0.25, -0.2) is 0 Å². The number of methoxy groups -OCH3 is 2. The zero-order valence-electron chi connectivity index (χ0n) is 27.2. The summed E-state index contributed by atoms with van der Waals surface area (Å²) in [7, 11) is 3.04. The Bertz CT molecular complexity index is 2020. The maximum Gasteiger partial charge on any atom is 0.272 e. The zero-order valence-corrected chi connectivity index (χ0v) is 28.0. The summed E-state index contributed by atoms with van der Waals surface area (Å²) in [6.45, 7) is 0. The van der Waals surface area contributed by atoms with Crippen molar-refractivity contribution in [2.75, 3.05) is 24.9 Å². The molecule has 4 amide bonds. The maximum atomic E-state index is 13.7. The molecule has 5 aromatic rings. The second-order valence-electron chi connectivity index (χ2n) is 10.8. The number of nitrogens with one attached hydrogen (secondary N) is 3. The van der Waals surface area contributed by atoms with Gasteiger partial charge in [-0.15, -0.1) is 11.8 Å². The third kappa shape index (κ3) is 9.18. The maximum absolute atomic E-state index is 13.7. The summed E-state index contributed by atoms with van der Waals surface area (Å²) in [6, 6.07) is 36.4. The molecular formula is C39H34N4O6S. The molecule has 0 saturated carbocycles. The third-order valence-corrected chi connectivity index (χ3v) is 8.62. The van der Waals surface area contributed by atoms with Crippen molar-refractivity contribution in [2.45, 2.75) is 10.1 Å². The highest BCUT2D eigenvalue weighted by Crippen LogP contribution is 2.37. The molecule has 0 aliphatic rings. The topological polar surface area (TPSA) is 149 Å². The molecule has 0 spiro atoms. The summed E-state index contributed by atoms with van der Waals surface area (Å²) >= 11 is 1.30. The minimum Gasteiger partial charge on any atom is -0.493 e. The third-order valence-electron chi connectivity index (χ3n) is 7.37. The molecule has 0 fully saturated rings. The van der Waals surface area contributed by atoms with E-state index in [2.05, 4.69) is 16.0 Å². The second kappa shape index (κ2) is 16.7. The van der Waals surface area contributed by atoms with Crippen molar-refractivity contribution in [2.24, 2.45) is 5.73 Å². The summed E-state index contributed by atoms with van der Waals surface area (Å²) < 4.78 is 10.7. The van der Waals surface area contributed by atoms with Crippen LogP contribution in [0, 0.1) is 0 Å². The number of hydrogen-bond acceptors (Lipinski definition) is 7. The lowest BCUT2D eigenvalue weighted by atomic mass is 10.1. The number of ether oxygens (including phenoxy) is 2. The number of thioether (sulfide) groups is 1. The Morgan fingerprint density at radius 3 is 2.02 bits per heavy atom. The number of hydrogen-bond donors (Lipinski definition) is 4. The van der Waals surface area contributed by atoms with Crippen LogP contribution in [0.25, 0.3) is 6.08 Å². The van der Waals surface area contributed by atoms with Gasteiger partial charge in [0, 0.05) is 27.4 Å². The highest BCUT2D eigenvalue weighted by atomic mass is 32.2. The van der Waals surface area contributed by atoms with Crippen LogP contribution in [0.1, 0.15) is 37.1 Å². The van der Waals surface area contributed by atoms with Gasteiger partial charge >= 0.3 is 0 Å². The van der Waals surface area contributed by atoms with Crippen LogP contribution >= 0.6 is 11.8 Å². The number of benzene rings is 5. The molecule has 0 saturated heterocycles. The minimum atomic E-state index is -0.663. The van der Waals surface area contributed by atoms with Crippen LogP contribution in [0.3, 0.4) is 0 Å². The molecule has 0 bridgehead atoms. The van der Waals surface area contributed by atoms with Gasteiger partial charge in [0.2, 0.25) is 11.8 Å². The Labute approximate surface area is 293 Å². The van der Waals surface area contributed by atoms with Gasteiger partial charge in [0.1, 0.15) is 10.9 Å². The summed E-state index contributed by atoms with van der Waals surface area (Å²) in [6.07, 6.45) is 1.54. The van der Waals surface area contributed by atoms with Crippen molar-refractivity contribution in [3.8, 4) is 11.5 Å². The van der Waals surface area contributed by atoms with Crippen LogP contribution < -0.4 is 31.2 Å². The van der Waals surface area contributed by atoms with E-state index < -0.39 is 23.0 Å². The van der Waals surface area contributed by atoms with E-state index in [0.717, 1.165) is 5.56 Å². The smallest absolute Gasteiger partial charge is 0.272 e. The Morgan fingerprint density at radius 2 is 1.36 bits per heavy atom. The first-order valence-electron chi connectivity index (χ1n) is 15.4. The predicted molar refractivity (Wildman–Crippen MR) is 195 cm³/mol. The average molecular weight is 687 g/mol. The lowest BCUT2D eigenvalue weighted by Crippen LogP contribution is -2.30. The molecule has 10 nitrogen and oxygen atoms in total. The molecule has 50 heavy (non-hydrogen) atoms. The fraction of sp³-hybridized carbons (Fsp3) is 0.0769. The van der Waals surface area contributed by atoms with Crippen LogP contribution in [0.4, 0.5) is 11.4 Å². The number of anilines is 2. The Hall–Kier alpha value is -6.33. The molecular weight excluding hydrogens is 653 g/mol. The zero-order chi connectivity index (χ0) is 35.5. The van der Waals surface area contributed by atoms with E-state index in [1.807, 2.05) is 36.4 Å². The SMILES string of the molecule is COc1ccc(/C=C(/NC(=O)c2ccccc2)C(=O)Nc2cccc(SC(C(=O)Nc3ccc(C(N)=O)cc3)c3ccccc3)c2)cc1OC. The summed E-state index contributed by atoms with van der Waals surface area (Å²) in [5, 5.41) is 7.87. The largest absolute Gasteiger partial charge is 0.493 e. The number of primary amides is 1. The van der Waals surface area contributed by atoms with Gasteiger partial charge in [-0.3, -0.25) is 19.2 Å². The fourth-order valence-electron chi connectivity index (χ4n) is 4.86. The van der Waals surface area contributed by atoms with Crippen molar-refractivity contribution in [3.63, 3.8) is 0 Å². The Kier molecular flexibility index (Phi) is 11.7. The molecule has 0 radical (unpaired) electrons. The summed E-state index contributed by atoms with van der Waals surface area (Å²) in [5.41, 5.74) is 8.36. The lowest BCUT2D eigenvalue weighted by Gasteiger charge is -2.18. The van der Waals surface area contributed by atoms with E-state index in [-0.39, 0.29) is 11.6 Å². The lowest BCUT2D eigenvalue weighted by molar-refractivity contribution is -0.116. The van der Waals surface area contributed by atoms with Crippen molar-refractivity contribution < 1.29 is 28.7 Å². The number of rotatable bonds is 13. The van der Waals surface area contributed by atoms with Crippen LogP contribution in [-0.2, 0) is 9.59 Å². The molecule has 0 aliphatic carbocycles. The molecule has 5 rings (SSSR count). The normalized spacial score (nSPS) is 11.5. The molecule has 0 heterocycles. The van der Waals surface area contributed by atoms with Gasteiger partial charge in [0.15, 0.2) is 11.5 Å². The first-order valence-corrected chi connectivity index (χ1v) is 16.3. The molecule has 0 aromatic heterocycles. The number of carbonyl (C=O) groups is 4. The quantitative estimate of drug-likeness (QED) is 0.0797. The van der Waals surface area contributed by atoms with Gasteiger partial charge in [-0.1, -0.05) is 60.7 Å². The first-order chi connectivity index (χ1) is 24.2. The first kappa shape index (κ1) is 35.0. The van der Waals surface area contributed by atoms with Crippen molar-refractivity contribution >= 4 is 52.8 Å². The van der Waals surface area contributed by atoms with Crippen molar-refractivity contribution in [1.29, 1.82) is 0 Å². The second-order valence-corrected chi connectivity index (χ2v) is 12.0. The standard InChI is InChI=1S/C39H34N4O6S/c1-48-33-21-16-25(23-34(33)49-2)22-32(43-37(45)28-12-7-4-8-13-28)38(46)42-30-14-9-15-31(24-30)50-35(26-10-5-3-6-11-26)39(47)41-29-19-17-27(18-20-29)36(40)44/h3-24,35H,1-2H3,(H2,40,44)(H,41,47)(H,42,46)(H,43,45)/b32-22+. The molecule has 1 atom stereocenters. The van der Waals surface area contributed by atoms with Gasteiger partial charge in [0.05, 0.1) is 14.2 Å². The number of carbonyl (C=O) groups excluding carboxylic acids is 4. The Balaban J connectivity index is 1.39. The molecule has 0 aliphatic heterocycles. The van der Waals surface area contributed by atoms with Gasteiger partial charge in [-0.05, 0) is 83.9 Å². The summed E-state index contributed by atoms with van der Waals surface area (Å²) in [4.78, 5) is 52.7. The molecule has 5 N–H and O–H groups in total. The number of nitrogens with two attached hydrogens (primary N) is 1. The van der Waals surface area contributed by atoms with Gasteiger partial charge in [0.25, 0.3) is 11.8 Å². The minimum absolute atomic E-state index is 0.00646. The van der Waals surface area contributed by atoms with E-state index in [1.165, 1.54) is 26.0 Å². The van der Waals surface area contributed by atoms with Crippen molar-refractivity contribution in [3.05, 3.63) is 155 Å². The predicted octanol–water partition coefficient (Wildman–Crippen LogP) is 6.68. The molecule has 11 heteroatoms. The summed E-state index contributed by atoms with van der Waals surface area (Å²) in [5.74, 6) is -0.900. The van der Waals surface area contributed by atoms with E-state index in [0.29, 0.717) is 44.5 Å². The highest BCUT2D eigenvalue weighted by molar-refractivity contribution is 8.00. The fourth-order valence-corrected chi connectivity index (χ4v) is 5.94. The van der Waals surface area contributed by atoms with E-state index in [1.54, 1.807) is 97.1 Å². The van der Waals surface area contributed by atoms with Gasteiger partial charge in [-0.2, -0.15) is 0 Å². The van der Waals surface area contributed by atoms with Gasteiger partial charge < -0.3 is 31.2 Å². The highest BCUT2D eigenvalue weighted by Gasteiger charge is 2.23. The van der Waals surface area contributed by atoms with Crippen LogP contribution in [-0.4, -0.2) is 37.8 Å². The van der Waals surface area contributed by atoms with Crippen molar-refractivity contribution in [1.82, 2.24) is 5.32 Å². The van der Waals surface area contributed by atoms with Crippen LogP contribution in [0.5, 0.6) is 11.5 Å². The average Bonchev–Trinajstić information content (AvgIpc) is 3.14. The van der Waals surface area contributed by atoms with Crippen LogP contribution in [0.2, 0.25) is 0 Å². The Morgan fingerprint density at radius 1 is 0.680 bits per heavy atom. The van der Waals surface area contributed by atoms with E-state index in [9.17, 15) is 19.2 Å². The molecule has 5 aromatic carbocycles. The molecule has 1 unspecified atom stereocenters. The molecule has 252 valence electrons. The van der Waals surface area contributed by atoms with E-state index in [4.69, 9.17) is 15.2 Å². The monoisotopic (exact) mass is 686 g/mol. The number of amides is 4.